The molecule has 0 aliphatic rings. The van der Waals surface area contributed by atoms with Crippen LogP contribution in [0.25, 0.3) is 10.9 Å². The first kappa shape index (κ1) is 15.4. The second-order valence-corrected chi connectivity index (χ2v) is 6.69. The monoisotopic (exact) mass is 308 g/mol. The van der Waals surface area contributed by atoms with Crippen molar-refractivity contribution >= 4 is 26.9 Å². The van der Waals surface area contributed by atoms with Gasteiger partial charge in [0.25, 0.3) is 0 Å². The van der Waals surface area contributed by atoms with E-state index in [4.69, 9.17) is 5.11 Å². The van der Waals surface area contributed by atoms with Crippen molar-refractivity contribution in [2.45, 2.75) is 24.8 Å². The van der Waals surface area contributed by atoms with Crippen LogP contribution < -0.4 is 4.72 Å². The van der Waals surface area contributed by atoms with E-state index in [2.05, 4.69) is 9.71 Å². The molecule has 0 spiro atoms. The molecule has 0 fully saturated rings. The summed E-state index contributed by atoms with van der Waals surface area (Å²) in [5.41, 5.74) is 0.320. The van der Waals surface area contributed by atoms with Crippen LogP contribution in [0.1, 0.15) is 13.8 Å². The Morgan fingerprint density at radius 2 is 1.90 bits per heavy atom. The maximum atomic E-state index is 12.5. The number of nitrogens with zero attached hydrogens (tertiary/aromatic N) is 1. The molecule has 0 radical (unpaired) electrons. The van der Waals surface area contributed by atoms with Crippen molar-refractivity contribution in [3.63, 3.8) is 0 Å². The Balaban J connectivity index is 2.50. The summed E-state index contributed by atoms with van der Waals surface area (Å²) in [5.74, 6) is -1.58. The van der Waals surface area contributed by atoms with Gasteiger partial charge < -0.3 is 5.11 Å². The summed E-state index contributed by atoms with van der Waals surface area (Å²) in [6.07, 6.45) is 1.50. The molecule has 0 aliphatic heterocycles. The van der Waals surface area contributed by atoms with Gasteiger partial charge in [0.05, 0.1) is 5.52 Å². The second-order valence-electron chi connectivity index (χ2n) is 5.01. The molecule has 0 saturated heterocycles. The summed E-state index contributed by atoms with van der Waals surface area (Å²) in [4.78, 5) is 15.2. The minimum atomic E-state index is -3.97. The Hall–Kier alpha value is -1.99. The van der Waals surface area contributed by atoms with Gasteiger partial charge in [-0.05, 0) is 18.1 Å². The number of carbonyl (C=O) groups is 1. The van der Waals surface area contributed by atoms with Crippen LogP contribution in [0.3, 0.4) is 0 Å². The topological polar surface area (TPSA) is 96.4 Å². The van der Waals surface area contributed by atoms with Gasteiger partial charge in [-0.3, -0.25) is 9.78 Å². The molecule has 0 amide bonds. The zero-order chi connectivity index (χ0) is 15.6. The minimum absolute atomic E-state index is 0.0208. The lowest BCUT2D eigenvalue weighted by atomic mass is 10.1. The normalized spacial score (nSPS) is 13.5. The van der Waals surface area contributed by atoms with Crippen molar-refractivity contribution < 1.29 is 18.3 Å². The number of pyridine rings is 1. The van der Waals surface area contributed by atoms with Crippen molar-refractivity contribution in [3.05, 3.63) is 36.5 Å². The molecule has 2 rings (SSSR count). The molecule has 7 heteroatoms. The van der Waals surface area contributed by atoms with Crippen LogP contribution in [0.2, 0.25) is 0 Å². The highest BCUT2D eigenvalue weighted by molar-refractivity contribution is 7.89. The Labute approximate surface area is 122 Å². The summed E-state index contributed by atoms with van der Waals surface area (Å²) >= 11 is 0. The van der Waals surface area contributed by atoms with Crippen LogP contribution in [-0.4, -0.2) is 30.5 Å². The average molecular weight is 308 g/mol. The number of carboxylic acids is 1. The first-order valence-corrected chi connectivity index (χ1v) is 7.90. The molecule has 1 aromatic carbocycles. The number of rotatable bonds is 5. The van der Waals surface area contributed by atoms with Gasteiger partial charge >= 0.3 is 5.97 Å². The predicted octanol–water partition coefficient (Wildman–Crippen LogP) is 1.62. The molecule has 1 aromatic heterocycles. The zero-order valence-electron chi connectivity index (χ0n) is 11.6. The Bertz CT molecular complexity index is 766. The third-order valence-electron chi connectivity index (χ3n) is 3.10. The van der Waals surface area contributed by atoms with E-state index in [9.17, 15) is 13.2 Å². The van der Waals surface area contributed by atoms with Crippen molar-refractivity contribution in [3.8, 4) is 0 Å². The molecule has 1 heterocycles. The Morgan fingerprint density at radius 1 is 1.24 bits per heavy atom. The zero-order valence-corrected chi connectivity index (χ0v) is 12.5. The van der Waals surface area contributed by atoms with E-state index in [0.29, 0.717) is 10.9 Å². The molecule has 6 nitrogen and oxygen atoms in total. The number of aromatic nitrogens is 1. The predicted molar refractivity (Wildman–Crippen MR) is 78.3 cm³/mol. The summed E-state index contributed by atoms with van der Waals surface area (Å²) in [6.45, 7) is 3.28. The van der Waals surface area contributed by atoms with E-state index < -0.39 is 22.0 Å². The molecule has 0 unspecified atom stereocenters. The second kappa shape index (κ2) is 5.79. The number of nitrogens with one attached hydrogen (secondary N) is 1. The van der Waals surface area contributed by atoms with Gasteiger partial charge in [0.2, 0.25) is 10.0 Å². The number of hydrogen-bond donors (Lipinski definition) is 2. The number of benzene rings is 1. The highest BCUT2D eigenvalue weighted by atomic mass is 32.2. The van der Waals surface area contributed by atoms with Crippen LogP contribution in [0, 0.1) is 5.92 Å². The lowest BCUT2D eigenvalue weighted by Crippen LogP contribution is -2.44. The van der Waals surface area contributed by atoms with Gasteiger partial charge in [-0.25, -0.2) is 8.42 Å². The third-order valence-corrected chi connectivity index (χ3v) is 4.57. The fourth-order valence-corrected chi connectivity index (χ4v) is 3.51. The van der Waals surface area contributed by atoms with Gasteiger partial charge in [0.1, 0.15) is 10.9 Å². The molecular weight excluding hydrogens is 292 g/mol. The Kier molecular flexibility index (Phi) is 4.24. The third kappa shape index (κ3) is 3.20. The van der Waals surface area contributed by atoms with Gasteiger partial charge in [-0.15, -0.1) is 0 Å². The molecule has 1 atom stereocenters. The van der Waals surface area contributed by atoms with E-state index in [1.54, 1.807) is 38.1 Å². The number of sulfonamides is 1. The molecule has 112 valence electrons. The van der Waals surface area contributed by atoms with Crippen molar-refractivity contribution in [1.82, 2.24) is 9.71 Å². The lowest BCUT2D eigenvalue weighted by Gasteiger charge is -2.18. The maximum absolute atomic E-state index is 12.5. The molecule has 2 N–H and O–H groups in total. The van der Waals surface area contributed by atoms with E-state index >= 15 is 0 Å². The van der Waals surface area contributed by atoms with Crippen molar-refractivity contribution in [2.75, 3.05) is 0 Å². The van der Waals surface area contributed by atoms with Gasteiger partial charge in [0.15, 0.2) is 0 Å². The quantitative estimate of drug-likeness (QED) is 0.875. The first-order valence-electron chi connectivity index (χ1n) is 6.42. The van der Waals surface area contributed by atoms with Crippen LogP contribution >= 0.6 is 0 Å². The van der Waals surface area contributed by atoms with Crippen molar-refractivity contribution in [1.29, 1.82) is 0 Å². The Morgan fingerprint density at radius 3 is 2.52 bits per heavy atom. The number of carboxylic acid groups (broad SMARTS) is 1. The molecule has 0 saturated carbocycles. The lowest BCUT2D eigenvalue weighted by molar-refractivity contribution is -0.140. The van der Waals surface area contributed by atoms with Crippen LogP contribution in [-0.2, 0) is 14.8 Å². The van der Waals surface area contributed by atoms with Crippen molar-refractivity contribution in [2.24, 2.45) is 5.92 Å². The van der Waals surface area contributed by atoms with Gasteiger partial charge in [-0.2, -0.15) is 4.72 Å². The number of fused-ring (bicyclic) bond motifs is 1. The number of para-hydroxylation sites is 1. The van der Waals surface area contributed by atoms with Gasteiger partial charge in [0, 0.05) is 11.6 Å². The average Bonchev–Trinajstić information content (AvgIpc) is 2.43. The van der Waals surface area contributed by atoms with Gasteiger partial charge in [-0.1, -0.05) is 32.0 Å². The molecular formula is C14H16N2O4S. The largest absolute Gasteiger partial charge is 0.480 e. The van der Waals surface area contributed by atoms with E-state index in [1.165, 1.54) is 12.3 Å². The SMILES string of the molecule is CC(C)[C@@H](NS(=O)(=O)c1cccc2cccnc12)C(=O)O. The fourth-order valence-electron chi connectivity index (χ4n) is 2.00. The first-order chi connectivity index (χ1) is 9.83. The highest BCUT2D eigenvalue weighted by Gasteiger charge is 2.29. The minimum Gasteiger partial charge on any atom is -0.480 e. The molecule has 2 aromatic rings. The summed E-state index contributed by atoms with van der Waals surface area (Å²) in [5, 5.41) is 9.80. The van der Waals surface area contributed by atoms with E-state index in [0.717, 1.165) is 0 Å². The van der Waals surface area contributed by atoms with E-state index in [-0.39, 0.29) is 10.8 Å². The fraction of sp³-hybridized carbons (Fsp3) is 0.286. The summed E-state index contributed by atoms with van der Waals surface area (Å²) < 4.78 is 27.1. The molecule has 21 heavy (non-hydrogen) atoms. The number of hydrogen-bond acceptors (Lipinski definition) is 4. The highest BCUT2D eigenvalue weighted by Crippen LogP contribution is 2.21. The maximum Gasteiger partial charge on any atom is 0.322 e. The van der Waals surface area contributed by atoms with Crippen LogP contribution in [0.5, 0.6) is 0 Å². The van der Waals surface area contributed by atoms with E-state index in [1.807, 2.05) is 0 Å². The molecule has 0 aliphatic carbocycles. The van der Waals surface area contributed by atoms with Crippen LogP contribution in [0.15, 0.2) is 41.4 Å². The summed E-state index contributed by atoms with van der Waals surface area (Å²) in [6, 6.07) is 7.03. The number of aliphatic carboxylic acids is 1. The summed E-state index contributed by atoms with van der Waals surface area (Å²) in [7, 11) is -3.97. The standard InChI is InChI=1S/C14H16N2O4S/c1-9(2)12(14(17)18)16-21(19,20)11-7-3-5-10-6-4-8-15-13(10)11/h3-9,12,16H,1-2H3,(H,17,18)/t12-/m1/s1. The smallest absolute Gasteiger partial charge is 0.322 e. The van der Waals surface area contributed by atoms with Crippen LogP contribution in [0.4, 0.5) is 0 Å². The molecule has 0 bridgehead atoms.